The summed E-state index contributed by atoms with van der Waals surface area (Å²) in [4.78, 5) is 10.8. The largest absolute Gasteiger partial charge is 0.462 e. The molecule has 0 N–H and O–H groups in total. The van der Waals surface area contributed by atoms with Crippen molar-refractivity contribution in [2.75, 3.05) is 4.43 Å². The Labute approximate surface area is 74.5 Å². The number of alkyl halides is 1. The molecule has 0 bridgehead atoms. The molecule has 58 valence electrons. The van der Waals surface area contributed by atoms with Crippen LogP contribution in [0.15, 0.2) is 0 Å². The Bertz CT molecular complexity index is 125. The van der Waals surface area contributed by atoms with E-state index in [1.807, 2.05) is 0 Å². The van der Waals surface area contributed by atoms with Gasteiger partial charge in [0.25, 0.3) is 0 Å². The van der Waals surface area contributed by atoms with Crippen molar-refractivity contribution >= 4 is 28.6 Å². The summed E-state index contributed by atoms with van der Waals surface area (Å²) in [5.41, 5.74) is 0. The third kappa shape index (κ3) is 2.44. The summed E-state index contributed by atoms with van der Waals surface area (Å²) < 4.78 is 6.05. The highest BCUT2D eigenvalue weighted by atomic mass is 127. The van der Waals surface area contributed by atoms with Gasteiger partial charge in [-0.05, 0) is 19.3 Å². The lowest BCUT2D eigenvalue weighted by atomic mass is 10.2. The van der Waals surface area contributed by atoms with Gasteiger partial charge in [-0.1, -0.05) is 22.6 Å². The second kappa shape index (κ2) is 4.16. The normalized spacial score (nSPS) is 27.3. The minimum absolute atomic E-state index is 0.0147. The molecule has 0 aromatic carbocycles. The highest BCUT2D eigenvalue weighted by Crippen LogP contribution is 2.15. The predicted octanol–water partition coefficient (Wildman–Crippen LogP) is 1.91. The van der Waals surface area contributed by atoms with E-state index in [9.17, 15) is 4.79 Å². The first-order valence-corrected chi connectivity index (χ1v) is 5.11. The van der Waals surface area contributed by atoms with Gasteiger partial charge in [-0.2, -0.15) is 0 Å². The van der Waals surface area contributed by atoms with Gasteiger partial charge in [0, 0.05) is 10.8 Å². The van der Waals surface area contributed by atoms with Crippen LogP contribution in [0.3, 0.4) is 0 Å². The number of hydrogen-bond donors (Lipinski definition) is 0. The van der Waals surface area contributed by atoms with Crippen LogP contribution in [-0.2, 0) is 9.53 Å². The zero-order valence-electron chi connectivity index (χ0n) is 5.81. The van der Waals surface area contributed by atoms with Crippen molar-refractivity contribution in [1.29, 1.82) is 0 Å². The quantitative estimate of drug-likeness (QED) is 0.406. The van der Waals surface area contributed by atoms with E-state index in [2.05, 4.69) is 22.6 Å². The smallest absolute Gasteiger partial charge is 0.306 e. The van der Waals surface area contributed by atoms with Crippen molar-refractivity contribution in [3.63, 3.8) is 0 Å². The standard InChI is InChI=1S/C7H11IO2/c8-5-6-3-1-2-4-7(9)10-6/h6H,1-5H2. The van der Waals surface area contributed by atoms with E-state index >= 15 is 0 Å². The molecule has 1 unspecified atom stereocenters. The summed E-state index contributed by atoms with van der Waals surface area (Å²) in [7, 11) is 0. The third-order valence-corrected chi connectivity index (χ3v) is 2.61. The van der Waals surface area contributed by atoms with Crippen LogP contribution in [0, 0.1) is 0 Å². The Morgan fingerprint density at radius 3 is 3.10 bits per heavy atom. The van der Waals surface area contributed by atoms with Gasteiger partial charge in [-0.15, -0.1) is 0 Å². The second-order valence-electron chi connectivity index (χ2n) is 2.51. The van der Waals surface area contributed by atoms with E-state index in [1.165, 1.54) is 0 Å². The van der Waals surface area contributed by atoms with Crippen LogP contribution in [0.25, 0.3) is 0 Å². The van der Waals surface area contributed by atoms with Gasteiger partial charge in [0.2, 0.25) is 0 Å². The fourth-order valence-electron chi connectivity index (χ4n) is 1.05. The van der Waals surface area contributed by atoms with Crippen LogP contribution < -0.4 is 0 Å². The summed E-state index contributed by atoms with van der Waals surface area (Å²) in [5, 5.41) is 0. The number of esters is 1. The summed E-state index contributed by atoms with van der Waals surface area (Å²) >= 11 is 2.26. The zero-order chi connectivity index (χ0) is 7.40. The fourth-order valence-corrected chi connectivity index (χ4v) is 1.67. The van der Waals surface area contributed by atoms with E-state index in [0.29, 0.717) is 6.42 Å². The maximum Gasteiger partial charge on any atom is 0.306 e. The minimum atomic E-state index is -0.0147. The maximum atomic E-state index is 10.8. The highest BCUT2D eigenvalue weighted by molar-refractivity contribution is 14.1. The van der Waals surface area contributed by atoms with Crippen molar-refractivity contribution in [2.24, 2.45) is 0 Å². The zero-order valence-corrected chi connectivity index (χ0v) is 7.96. The van der Waals surface area contributed by atoms with Crippen LogP contribution in [0.2, 0.25) is 0 Å². The van der Waals surface area contributed by atoms with E-state index < -0.39 is 0 Å². The first kappa shape index (κ1) is 8.30. The molecule has 1 rings (SSSR count). The number of halogens is 1. The van der Waals surface area contributed by atoms with Crippen molar-refractivity contribution < 1.29 is 9.53 Å². The van der Waals surface area contributed by atoms with Crippen molar-refractivity contribution in [3.05, 3.63) is 0 Å². The molecular weight excluding hydrogens is 243 g/mol. The molecule has 1 fully saturated rings. The van der Waals surface area contributed by atoms with Crippen molar-refractivity contribution in [2.45, 2.75) is 31.8 Å². The Morgan fingerprint density at radius 2 is 2.40 bits per heavy atom. The first-order chi connectivity index (χ1) is 4.83. The molecule has 0 aliphatic carbocycles. The third-order valence-electron chi connectivity index (χ3n) is 1.63. The molecule has 1 aliphatic heterocycles. The highest BCUT2D eigenvalue weighted by Gasteiger charge is 2.16. The molecule has 1 heterocycles. The van der Waals surface area contributed by atoms with E-state index in [0.717, 1.165) is 23.7 Å². The average molecular weight is 254 g/mol. The van der Waals surface area contributed by atoms with Crippen LogP contribution >= 0.6 is 22.6 Å². The van der Waals surface area contributed by atoms with Crippen LogP contribution in [-0.4, -0.2) is 16.5 Å². The van der Waals surface area contributed by atoms with E-state index in [4.69, 9.17) is 4.74 Å². The fraction of sp³-hybridized carbons (Fsp3) is 0.857. The lowest BCUT2D eigenvalue weighted by Crippen LogP contribution is -2.16. The monoisotopic (exact) mass is 254 g/mol. The Hall–Kier alpha value is 0.200. The Kier molecular flexibility index (Phi) is 3.45. The molecule has 3 heteroatoms. The molecule has 1 aliphatic rings. The molecule has 1 atom stereocenters. The number of carbonyl (C=O) groups is 1. The molecule has 0 aromatic heterocycles. The van der Waals surface area contributed by atoms with Gasteiger partial charge >= 0.3 is 5.97 Å². The Morgan fingerprint density at radius 1 is 1.60 bits per heavy atom. The summed E-state index contributed by atoms with van der Waals surface area (Å²) in [6.45, 7) is 0. The van der Waals surface area contributed by atoms with Gasteiger partial charge in [0.1, 0.15) is 6.10 Å². The topological polar surface area (TPSA) is 26.3 Å². The lowest BCUT2D eigenvalue weighted by molar-refractivity contribution is -0.146. The molecule has 2 nitrogen and oxygen atoms in total. The molecule has 10 heavy (non-hydrogen) atoms. The number of carbonyl (C=O) groups excluding carboxylic acids is 1. The average Bonchev–Trinajstić information content (AvgIpc) is 2.13. The van der Waals surface area contributed by atoms with Crippen molar-refractivity contribution in [3.8, 4) is 0 Å². The van der Waals surface area contributed by atoms with E-state index in [-0.39, 0.29) is 12.1 Å². The molecule has 0 saturated carbocycles. The molecular formula is C7H11IO2. The van der Waals surface area contributed by atoms with Crippen LogP contribution in [0.4, 0.5) is 0 Å². The number of cyclic esters (lactones) is 1. The summed E-state index contributed by atoms with van der Waals surface area (Å²) in [6.07, 6.45) is 4.00. The second-order valence-corrected chi connectivity index (χ2v) is 3.39. The lowest BCUT2D eigenvalue weighted by Gasteiger charge is -2.10. The van der Waals surface area contributed by atoms with Crippen LogP contribution in [0.5, 0.6) is 0 Å². The molecule has 0 spiro atoms. The SMILES string of the molecule is O=C1CCCCC(CI)O1. The minimum Gasteiger partial charge on any atom is -0.462 e. The summed E-state index contributed by atoms with van der Waals surface area (Å²) in [5.74, 6) is -0.0147. The molecule has 0 amide bonds. The molecule has 0 radical (unpaired) electrons. The van der Waals surface area contributed by atoms with Gasteiger partial charge in [0.15, 0.2) is 0 Å². The maximum absolute atomic E-state index is 10.8. The number of ether oxygens (including phenoxy) is 1. The molecule has 1 saturated heterocycles. The van der Waals surface area contributed by atoms with Gasteiger partial charge < -0.3 is 4.74 Å². The van der Waals surface area contributed by atoms with Crippen LogP contribution in [0.1, 0.15) is 25.7 Å². The van der Waals surface area contributed by atoms with Gasteiger partial charge in [-0.3, -0.25) is 4.79 Å². The first-order valence-electron chi connectivity index (χ1n) is 3.58. The summed E-state index contributed by atoms with van der Waals surface area (Å²) in [6, 6.07) is 0. The Balaban J connectivity index is 2.38. The molecule has 0 aromatic rings. The van der Waals surface area contributed by atoms with E-state index in [1.54, 1.807) is 0 Å². The number of rotatable bonds is 1. The van der Waals surface area contributed by atoms with Gasteiger partial charge in [0.05, 0.1) is 0 Å². The predicted molar refractivity (Wildman–Crippen MR) is 47.2 cm³/mol. The van der Waals surface area contributed by atoms with Crippen molar-refractivity contribution in [1.82, 2.24) is 0 Å². The number of hydrogen-bond acceptors (Lipinski definition) is 2. The van der Waals surface area contributed by atoms with Gasteiger partial charge in [-0.25, -0.2) is 0 Å².